The quantitative estimate of drug-likeness (QED) is 0.527. The Morgan fingerprint density at radius 2 is 1.42 bits per heavy atom. The smallest absolute Gasteiger partial charge is 0.331 e. The van der Waals surface area contributed by atoms with E-state index in [4.69, 9.17) is 0 Å². The van der Waals surface area contributed by atoms with Gasteiger partial charge in [-0.1, -0.05) is 39.8 Å². The van der Waals surface area contributed by atoms with E-state index in [0.29, 0.717) is 21.8 Å². The predicted molar refractivity (Wildman–Crippen MR) is 99.9 cm³/mol. The topological polar surface area (TPSA) is 22.0 Å². The van der Waals surface area contributed by atoms with Crippen LogP contribution in [0.15, 0.2) is 41.2 Å². The van der Waals surface area contributed by atoms with E-state index in [9.17, 15) is 18.0 Å². The van der Waals surface area contributed by atoms with Crippen LogP contribution in [0.3, 0.4) is 0 Å². The van der Waals surface area contributed by atoms with E-state index in [1.807, 2.05) is 33.8 Å². The Balaban J connectivity index is 2.46. The molecule has 0 aliphatic carbocycles. The lowest BCUT2D eigenvalue weighted by atomic mass is 9.97. The number of alkyl halides is 3. The molecule has 0 atom stereocenters. The van der Waals surface area contributed by atoms with Crippen LogP contribution in [0, 0.1) is 0 Å². The van der Waals surface area contributed by atoms with E-state index in [-0.39, 0.29) is 17.3 Å². The molecule has 0 aliphatic rings. The minimum Gasteiger partial charge on any atom is -0.331 e. The number of hydrogen-bond acceptors (Lipinski definition) is 1. The van der Waals surface area contributed by atoms with Gasteiger partial charge in [0.1, 0.15) is 6.54 Å². The number of nitrogens with zero attached hydrogens (tertiary/aromatic N) is 1. The van der Waals surface area contributed by atoms with Crippen LogP contribution in [-0.4, -0.2) is 10.7 Å². The van der Waals surface area contributed by atoms with Crippen molar-refractivity contribution >= 4 is 21.8 Å². The third-order valence-electron chi connectivity index (χ3n) is 4.78. The second kappa shape index (κ2) is 6.45. The van der Waals surface area contributed by atoms with Crippen molar-refractivity contribution in [3.05, 3.63) is 57.7 Å². The zero-order valence-electron chi connectivity index (χ0n) is 15.3. The first kappa shape index (κ1) is 18.5. The van der Waals surface area contributed by atoms with Crippen molar-refractivity contribution < 1.29 is 13.2 Å². The molecule has 0 N–H and O–H groups in total. The van der Waals surface area contributed by atoms with Gasteiger partial charge in [0.25, 0.3) is 0 Å². The van der Waals surface area contributed by atoms with E-state index in [1.165, 1.54) is 4.57 Å². The van der Waals surface area contributed by atoms with Crippen LogP contribution in [-0.2, 0) is 6.54 Å². The monoisotopic (exact) mass is 361 g/mol. The molecular weight excluding hydrogens is 339 g/mol. The van der Waals surface area contributed by atoms with E-state index < -0.39 is 12.7 Å². The van der Waals surface area contributed by atoms with Gasteiger partial charge >= 0.3 is 6.18 Å². The largest absolute Gasteiger partial charge is 0.406 e. The van der Waals surface area contributed by atoms with Gasteiger partial charge in [0, 0.05) is 10.8 Å². The number of aromatic nitrogens is 1. The Hall–Kier alpha value is -2.30. The molecule has 26 heavy (non-hydrogen) atoms. The molecule has 0 bridgehead atoms. The molecule has 5 heteroatoms. The number of rotatable bonds is 3. The molecule has 1 heterocycles. The normalized spacial score (nSPS) is 12.7. The maximum Gasteiger partial charge on any atom is 0.406 e. The minimum absolute atomic E-state index is 0.160. The highest BCUT2D eigenvalue weighted by atomic mass is 19.4. The van der Waals surface area contributed by atoms with Gasteiger partial charge in [-0.2, -0.15) is 13.2 Å². The lowest BCUT2D eigenvalue weighted by Gasteiger charge is -2.19. The number of benzene rings is 2. The Labute approximate surface area is 150 Å². The summed E-state index contributed by atoms with van der Waals surface area (Å²) in [5.41, 5.74) is 2.29. The van der Waals surface area contributed by atoms with Crippen molar-refractivity contribution in [3.8, 4) is 0 Å². The third-order valence-corrected chi connectivity index (χ3v) is 4.78. The van der Waals surface area contributed by atoms with Crippen molar-refractivity contribution in [3.63, 3.8) is 0 Å². The molecule has 3 rings (SSSR count). The van der Waals surface area contributed by atoms with Crippen LogP contribution in [0.4, 0.5) is 13.2 Å². The number of fused-ring (bicyclic) bond motifs is 2. The Morgan fingerprint density at radius 3 is 2.00 bits per heavy atom. The molecule has 0 spiro atoms. The van der Waals surface area contributed by atoms with Crippen LogP contribution in [0.25, 0.3) is 21.8 Å². The summed E-state index contributed by atoms with van der Waals surface area (Å²) in [4.78, 5) is 13.0. The minimum atomic E-state index is -4.38. The van der Waals surface area contributed by atoms with Crippen LogP contribution in [0.2, 0.25) is 0 Å². The molecule has 0 unspecified atom stereocenters. The average molecular weight is 361 g/mol. The maximum atomic E-state index is 13.3. The van der Waals surface area contributed by atoms with Crippen molar-refractivity contribution in [1.82, 2.24) is 4.57 Å². The van der Waals surface area contributed by atoms with Crippen molar-refractivity contribution in [2.24, 2.45) is 0 Å². The van der Waals surface area contributed by atoms with E-state index in [0.717, 1.165) is 11.1 Å². The zero-order chi connectivity index (χ0) is 19.2. The molecule has 0 amide bonds. The Morgan fingerprint density at radius 1 is 0.846 bits per heavy atom. The number of pyridine rings is 1. The molecule has 0 aliphatic heterocycles. The highest BCUT2D eigenvalue weighted by Crippen LogP contribution is 2.29. The van der Waals surface area contributed by atoms with Crippen LogP contribution >= 0.6 is 0 Å². The van der Waals surface area contributed by atoms with E-state index in [2.05, 4.69) is 0 Å². The SMILES string of the molecule is CC(C)c1ccc2c(c1)c(=O)c1ccc(C(C)C)cc1n2CC(F)(F)F. The van der Waals surface area contributed by atoms with Crippen LogP contribution in [0.5, 0.6) is 0 Å². The molecule has 0 radical (unpaired) electrons. The van der Waals surface area contributed by atoms with Crippen LogP contribution in [0.1, 0.15) is 50.7 Å². The van der Waals surface area contributed by atoms with E-state index in [1.54, 1.807) is 30.3 Å². The van der Waals surface area contributed by atoms with Gasteiger partial charge in [0.2, 0.25) is 0 Å². The molecular formula is C21H22F3NO. The Bertz CT molecular complexity index is 1030. The molecule has 2 nitrogen and oxygen atoms in total. The summed E-state index contributed by atoms with van der Waals surface area (Å²) in [5.74, 6) is 0.349. The molecule has 1 aromatic heterocycles. The van der Waals surface area contributed by atoms with Crippen molar-refractivity contribution in [2.75, 3.05) is 0 Å². The predicted octanol–water partition coefficient (Wildman–Crippen LogP) is 5.96. The fourth-order valence-electron chi connectivity index (χ4n) is 3.28. The van der Waals surface area contributed by atoms with Gasteiger partial charge in [0.05, 0.1) is 11.0 Å². The molecule has 2 aromatic carbocycles. The summed E-state index contributed by atoms with van der Waals surface area (Å²) in [7, 11) is 0. The first-order valence-corrected chi connectivity index (χ1v) is 8.75. The van der Waals surface area contributed by atoms with Crippen molar-refractivity contribution in [1.29, 1.82) is 0 Å². The fourth-order valence-corrected chi connectivity index (χ4v) is 3.28. The molecule has 3 aromatic rings. The van der Waals surface area contributed by atoms with Gasteiger partial charge in [-0.3, -0.25) is 4.79 Å². The fraction of sp³-hybridized carbons (Fsp3) is 0.381. The van der Waals surface area contributed by atoms with Gasteiger partial charge < -0.3 is 4.57 Å². The second-order valence-corrected chi connectivity index (χ2v) is 7.39. The summed E-state index contributed by atoms with van der Waals surface area (Å²) < 4.78 is 41.0. The summed E-state index contributed by atoms with van der Waals surface area (Å²) in [6.45, 7) is 6.81. The summed E-state index contributed by atoms with van der Waals surface area (Å²) in [5, 5.41) is 0.664. The number of hydrogen-bond donors (Lipinski definition) is 0. The summed E-state index contributed by atoms with van der Waals surface area (Å²) in [6.07, 6.45) is -4.38. The van der Waals surface area contributed by atoms with Crippen LogP contribution < -0.4 is 5.43 Å². The van der Waals surface area contributed by atoms with Gasteiger partial charge in [0.15, 0.2) is 5.43 Å². The summed E-state index contributed by atoms with van der Waals surface area (Å²) >= 11 is 0. The van der Waals surface area contributed by atoms with E-state index >= 15 is 0 Å². The molecule has 138 valence electrons. The van der Waals surface area contributed by atoms with Gasteiger partial charge in [-0.25, -0.2) is 0 Å². The highest BCUT2D eigenvalue weighted by molar-refractivity contribution is 5.94. The zero-order valence-corrected chi connectivity index (χ0v) is 15.3. The third kappa shape index (κ3) is 3.35. The van der Waals surface area contributed by atoms with Gasteiger partial charge in [-0.05, 0) is 47.2 Å². The Kier molecular flexibility index (Phi) is 4.59. The standard InChI is InChI=1S/C21H22F3NO/c1-12(2)14-6-8-18-17(9-14)20(26)16-7-5-15(13(3)4)10-19(16)25(18)11-21(22,23)24/h5-10,12-13H,11H2,1-4H3. The molecule has 0 saturated carbocycles. The van der Waals surface area contributed by atoms with Crippen molar-refractivity contribution in [2.45, 2.75) is 52.3 Å². The average Bonchev–Trinajstić information content (AvgIpc) is 2.56. The highest BCUT2D eigenvalue weighted by Gasteiger charge is 2.29. The molecule has 0 fully saturated rings. The first-order valence-electron chi connectivity index (χ1n) is 8.75. The summed E-state index contributed by atoms with van der Waals surface area (Å²) in [6, 6.07) is 10.4. The first-order chi connectivity index (χ1) is 12.1. The lowest BCUT2D eigenvalue weighted by molar-refractivity contribution is -0.139. The number of halogens is 3. The molecule has 0 saturated heterocycles. The second-order valence-electron chi connectivity index (χ2n) is 7.39. The maximum absolute atomic E-state index is 13.3. The lowest BCUT2D eigenvalue weighted by Crippen LogP contribution is -2.21. The van der Waals surface area contributed by atoms with Gasteiger partial charge in [-0.15, -0.1) is 0 Å².